The summed E-state index contributed by atoms with van der Waals surface area (Å²) in [6.45, 7) is 5.38. The average molecular weight is 464 g/mol. The first-order chi connectivity index (χ1) is 14.9. The standard InChI is InChI=1S/C22H26ClN3O4S/c1-5-30-21(28)19-16(12-31-22-24-10-11-26(22)3)25-13(2)17(20(27)29-4)18(19)14-6-8-15(23)9-7-14/h6-9,17-18H,5,10-12H2,1-4H3. The second-order valence-electron chi connectivity index (χ2n) is 7.24. The summed E-state index contributed by atoms with van der Waals surface area (Å²) in [5.74, 6) is -1.81. The lowest BCUT2D eigenvalue weighted by Gasteiger charge is -2.32. The molecule has 1 aromatic carbocycles. The molecule has 2 aliphatic heterocycles. The average Bonchev–Trinajstić information content (AvgIpc) is 3.16. The Morgan fingerprint density at radius 3 is 2.58 bits per heavy atom. The molecule has 0 fully saturated rings. The summed E-state index contributed by atoms with van der Waals surface area (Å²) >= 11 is 7.60. The number of hydrogen-bond donors (Lipinski definition) is 0. The topological polar surface area (TPSA) is 80.6 Å². The zero-order valence-electron chi connectivity index (χ0n) is 18.1. The molecule has 0 bridgehead atoms. The third-order valence-electron chi connectivity index (χ3n) is 5.24. The van der Waals surface area contributed by atoms with Crippen molar-refractivity contribution in [1.29, 1.82) is 0 Å². The van der Waals surface area contributed by atoms with Crippen molar-refractivity contribution in [1.82, 2.24) is 4.90 Å². The van der Waals surface area contributed by atoms with Gasteiger partial charge in [0.25, 0.3) is 0 Å². The van der Waals surface area contributed by atoms with Crippen molar-refractivity contribution in [2.45, 2.75) is 19.8 Å². The van der Waals surface area contributed by atoms with Crippen molar-refractivity contribution in [2.24, 2.45) is 15.9 Å². The number of carbonyl (C=O) groups excluding carboxylic acids is 2. The Morgan fingerprint density at radius 1 is 1.29 bits per heavy atom. The summed E-state index contributed by atoms with van der Waals surface area (Å²) in [7, 11) is 3.32. The summed E-state index contributed by atoms with van der Waals surface area (Å²) in [5, 5.41) is 1.47. The highest BCUT2D eigenvalue weighted by Gasteiger charge is 2.43. The minimum absolute atomic E-state index is 0.219. The van der Waals surface area contributed by atoms with Crippen LogP contribution in [0.3, 0.4) is 0 Å². The van der Waals surface area contributed by atoms with E-state index in [-0.39, 0.29) is 6.61 Å². The Kier molecular flexibility index (Phi) is 7.78. The monoisotopic (exact) mass is 463 g/mol. The molecule has 2 unspecified atom stereocenters. The van der Waals surface area contributed by atoms with Crippen molar-refractivity contribution in [3.63, 3.8) is 0 Å². The number of amidine groups is 1. The summed E-state index contributed by atoms with van der Waals surface area (Å²) in [6.07, 6.45) is 0. The van der Waals surface area contributed by atoms with Gasteiger partial charge >= 0.3 is 11.9 Å². The van der Waals surface area contributed by atoms with Gasteiger partial charge in [0.1, 0.15) is 5.92 Å². The molecule has 7 nitrogen and oxygen atoms in total. The molecule has 1 aromatic rings. The fourth-order valence-electron chi connectivity index (χ4n) is 3.76. The molecule has 9 heteroatoms. The lowest BCUT2D eigenvalue weighted by molar-refractivity contribution is -0.144. The van der Waals surface area contributed by atoms with Gasteiger partial charge in [0, 0.05) is 36.0 Å². The summed E-state index contributed by atoms with van der Waals surface area (Å²) in [5.41, 5.74) is 2.33. The van der Waals surface area contributed by atoms with Crippen LogP contribution in [0.15, 0.2) is 45.5 Å². The van der Waals surface area contributed by atoms with Crippen molar-refractivity contribution in [3.8, 4) is 0 Å². The van der Waals surface area contributed by atoms with E-state index in [1.165, 1.54) is 18.9 Å². The number of hydrogen-bond acceptors (Lipinski definition) is 8. The number of halogens is 1. The van der Waals surface area contributed by atoms with Crippen molar-refractivity contribution < 1.29 is 19.1 Å². The smallest absolute Gasteiger partial charge is 0.336 e. The van der Waals surface area contributed by atoms with Gasteiger partial charge < -0.3 is 14.4 Å². The van der Waals surface area contributed by atoms with E-state index in [0.29, 0.717) is 27.8 Å². The second kappa shape index (κ2) is 10.3. The van der Waals surface area contributed by atoms with Crippen LogP contribution < -0.4 is 0 Å². The SMILES string of the molecule is CCOC(=O)C1=C(CSC2=NCCN2C)N=C(C)C(C(=O)OC)C1c1ccc(Cl)cc1. The Labute approximate surface area is 191 Å². The van der Waals surface area contributed by atoms with Crippen molar-refractivity contribution in [3.05, 3.63) is 46.1 Å². The van der Waals surface area contributed by atoms with Crippen LogP contribution in [-0.2, 0) is 19.1 Å². The van der Waals surface area contributed by atoms with Gasteiger partial charge in [-0.25, -0.2) is 4.79 Å². The highest BCUT2D eigenvalue weighted by molar-refractivity contribution is 8.13. The van der Waals surface area contributed by atoms with Gasteiger partial charge in [-0.1, -0.05) is 35.5 Å². The molecule has 0 saturated heterocycles. The largest absolute Gasteiger partial charge is 0.468 e. The predicted molar refractivity (Wildman–Crippen MR) is 124 cm³/mol. The number of rotatable bonds is 6. The minimum atomic E-state index is -0.731. The van der Waals surface area contributed by atoms with Crippen LogP contribution >= 0.6 is 23.4 Å². The normalized spacial score (nSPS) is 21.0. The predicted octanol–water partition coefficient (Wildman–Crippen LogP) is 3.54. The van der Waals surface area contributed by atoms with E-state index in [1.54, 1.807) is 26.0 Å². The molecule has 0 saturated carbocycles. The Morgan fingerprint density at radius 2 is 2.00 bits per heavy atom. The lowest BCUT2D eigenvalue weighted by atomic mass is 9.75. The van der Waals surface area contributed by atoms with Crippen LogP contribution in [0.1, 0.15) is 25.3 Å². The van der Waals surface area contributed by atoms with Crippen molar-refractivity contribution in [2.75, 3.05) is 39.6 Å². The van der Waals surface area contributed by atoms with E-state index < -0.39 is 23.8 Å². The number of benzene rings is 1. The maximum atomic E-state index is 13.1. The molecule has 0 N–H and O–H groups in total. The highest BCUT2D eigenvalue weighted by atomic mass is 35.5. The van der Waals surface area contributed by atoms with Gasteiger partial charge in [0.05, 0.1) is 31.5 Å². The molecule has 0 aromatic heterocycles. The number of ether oxygens (including phenoxy) is 2. The number of methoxy groups -OCH3 is 1. The number of likely N-dealkylation sites (N-methyl/N-ethyl adjacent to an activating group) is 1. The highest BCUT2D eigenvalue weighted by Crippen LogP contribution is 2.41. The number of thioether (sulfide) groups is 1. The van der Waals surface area contributed by atoms with E-state index in [2.05, 4.69) is 14.9 Å². The van der Waals surface area contributed by atoms with Crippen LogP contribution in [0.4, 0.5) is 0 Å². The van der Waals surface area contributed by atoms with Crippen LogP contribution in [0.2, 0.25) is 5.02 Å². The molecular formula is C22H26ClN3O4S. The van der Waals surface area contributed by atoms with Gasteiger partial charge in [-0.3, -0.25) is 14.8 Å². The molecule has 0 amide bonds. The number of carbonyl (C=O) groups is 2. The molecule has 3 rings (SSSR count). The summed E-state index contributed by atoms with van der Waals surface area (Å²) in [6, 6.07) is 7.12. The molecule has 31 heavy (non-hydrogen) atoms. The van der Waals surface area contributed by atoms with Gasteiger partial charge in [-0.2, -0.15) is 0 Å². The van der Waals surface area contributed by atoms with Crippen LogP contribution in [0, 0.1) is 5.92 Å². The summed E-state index contributed by atoms with van der Waals surface area (Å²) in [4.78, 5) is 37.1. The van der Waals surface area contributed by atoms with Crippen molar-refractivity contribution >= 4 is 46.2 Å². The molecule has 2 heterocycles. The lowest BCUT2D eigenvalue weighted by Crippen LogP contribution is -2.36. The van der Waals surface area contributed by atoms with E-state index in [0.717, 1.165) is 23.8 Å². The van der Waals surface area contributed by atoms with Gasteiger partial charge in [0.2, 0.25) is 0 Å². The first-order valence-corrected chi connectivity index (χ1v) is 11.4. The van der Waals surface area contributed by atoms with Crippen LogP contribution in [0.5, 0.6) is 0 Å². The third kappa shape index (κ3) is 5.13. The number of nitrogens with zero attached hydrogens (tertiary/aromatic N) is 3. The Balaban J connectivity index is 2.10. The Bertz CT molecular complexity index is 943. The maximum Gasteiger partial charge on any atom is 0.336 e. The third-order valence-corrected chi connectivity index (χ3v) is 6.61. The second-order valence-corrected chi connectivity index (χ2v) is 8.62. The van der Waals surface area contributed by atoms with Gasteiger partial charge in [-0.15, -0.1) is 0 Å². The molecule has 166 valence electrons. The maximum absolute atomic E-state index is 13.1. The molecule has 2 aliphatic rings. The van der Waals surface area contributed by atoms with Gasteiger partial charge in [-0.05, 0) is 31.5 Å². The molecule has 0 radical (unpaired) electrons. The fourth-order valence-corrected chi connectivity index (χ4v) is 4.86. The van der Waals surface area contributed by atoms with E-state index in [9.17, 15) is 9.59 Å². The molecular weight excluding hydrogens is 438 g/mol. The number of esters is 2. The zero-order valence-corrected chi connectivity index (χ0v) is 19.6. The molecule has 2 atom stereocenters. The van der Waals surface area contributed by atoms with Gasteiger partial charge in [0.15, 0.2) is 5.17 Å². The first kappa shape index (κ1) is 23.3. The van der Waals surface area contributed by atoms with E-state index >= 15 is 0 Å². The quantitative estimate of drug-likeness (QED) is 0.600. The van der Waals surface area contributed by atoms with E-state index in [1.807, 2.05) is 19.2 Å². The van der Waals surface area contributed by atoms with Crippen LogP contribution in [0.25, 0.3) is 0 Å². The van der Waals surface area contributed by atoms with Crippen LogP contribution in [-0.4, -0.2) is 67.3 Å². The fraction of sp³-hybridized carbons (Fsp3) is 0.455. The minimum Gasteiger partial charge on any atom is -0.468 e. The summed E-state index contributed by atoms with van der Waals surface area (Å²) < 4.78 is 10.4. The zero-order chi connectivity index (χ0) is 22.5. The molecule has 0 aliphatic carbocycles. The molecule has 0 spiro atoms. The first-order valence-electron chi connectivity index (χ1n) is 10.0. The van der Waals surface area contributed by atoms with E-state index in [4.69, 9.17) is 21.1 Å². The Hall–Kier alpha value is -2.32. The number of aliphatic imine (C=N–C) groups is 2.